The average Bonchev–Trinajstić information content (AvgIpc) is 2.77. The molecule has 2 N–H and O–H groups in total. The number of hydrogen-bond donors (Lipinski definition) is 2. The molecule has 0 unspecified atom stereocenters. The lowest BCUT2D eigenvalue weighted by Gasteiger charge is -2.10. The van der Waals surface area contributed by atoms with Gasteiger partial charge >= 0.3 is 6.03 Å². The first-order valence-corrected chi connectivity index (χ1v) is 9.29. The van der Waals surface area contributed by atoms with Gasteiger partial charge in [0.2, 0.25) is 0 Å². The molecule has 0 atom stereocenters. The number of nitrogens with one attached hydrogen (secondary N) is 2. The number of anilines is 2. The third-order valence-corrected chi connectivity index (χ3v) is 4.25. The van der Waals surface area contributed by atoms with Crippen molar-refractivity contribution in [2.45, 2.75) is 0 Å². The third-order valence-electron chi connectivity index (χ3n) is 4.25. The molecule has 4 rings (SSSR count). The first-order chi connectivity index (χ1) is 14.7. The number of rotatable bonds is 5. The Morgan fingerprint density at radius 2 is 1.40 bits per heavy atom. The van der Waals surface area contributed by atoms with E-state index < -0.39 is 6.03 Å². The third kappa shape index (κ3) is 4.99. The first kappa shape index (κ1) is 19.1. The number of carbonyl (C=O) groups excluding carboxylic acids is 1. The van der Waals surface area contributed by atoms with Crippen LogP contribution in [0.2, 0.25) is 0 Å². The van der Waals surface area contributed by atoms with Crippen molar-refractivity contribution in [2.24, 2.45) is 0 Å². The summed E-state index contributed by atoms with van der Waals surface area (Å²) in [5.41, 5.74) is 2.93. The quantitative estimate of drug-likeness (QED) is 0.412. The van der Waals surface area contributed by atoms with Crippen LogP contribution in [0.1, 0.15) is 0 Å². The number of nitrogens with zero attached hydrogens (tertiary/aromatic N) is 1. The summed E-state index contributed by atoms with van der Waals surface area (Å²) in [7, 11) is 0. The number of benzene rings is 3. The van der Waals surface area contributed by atoms with Crippen LogP contribution in [-0.2, 0) is 0 Å². The van der Waals surface area contributed by atoms with E-state index in [1.54, 1.807) is 36.5 Å². The molecule has 0 bridgehead atoms. The lowest BCUT2D eigenvalue weighted by Crippen LogP contribution is -2.19. The van der Waals surface area contributed by atoms with E-state index in [4.69, 9.17) is 4.74 Å². The zero-order valence-corrected chi connectivity index (χ0v) is 15.9. The van der Waals surface area contributed by atoms with Gasteiger partial charge in [-0.05, 0) is 54.6 Å². The highest BCUT2D eigenvalue weighted by molar-refractivity contribution is 5.99. The standard InChI is InChI=1S/C24H18FN3O2/c25-18-6-8-19(9-7-18)27-24(29)28-20-10-12-21(13-11-20)30-22-14-15-26-23(16-22)17-4-2-1-3-5-17/h1-16H,(H2,27,28,29). The van der Waals surface area contributed by atoms with Crippen LogP contribution in [0.5, 0.6) is 11.5 Å². The fourth-order valence-corrected chi connectivity index (χ4v) is 2.81. The minimum atomic E-state index is -0.420. The second kappa shape index (κ2) is 8.87. The van der Waals surface area contributed by atoms with Crippen molar-refractivity contribution < 1.29 is 13.9 Å². The van der Waals surface area contributed by atoms with Crippen molar-refractivity contribution in [3.63, 3.8) is 0 Å². The molecule has 0 aliphatic carbocycles. The Kier molecular flexibility index (Phi) is 5.66. The van der Waals surface area contributed by atoms with Crippen LogP contribution >= 0.6 is 0 Å². The Hall–Kier alpha value is -4.19. The second-order valence-corrected chi connectivity index (χ2v) is 6.46. The maximum absolute atomic E-state index is 12.9. The maximum atomic E-state index is 12.9. The molecular weight excluding hydrogens is 381 g/mol. The van der Waals surface area contributed by atoms with Crippen molar-refractivity contribution in [1.29, 1.82) is 0 Å². The Bertz CT molecular complexity index is 1130. The minimum absolute atomic E-state index is 0.360. The number of hydrogen-bond acceptors (Lipinski definition) is 3. The monoisotopic (exact) mass is 399 g/mol. The van der Waals surface area contributed by atoms with Crippen LogP contribution in [0.4, 0.5) is 20.6 Å². The smallest absolute Gasteiger partial charge is 0.323 e. The Morgan fingerprint density at radius 1 is 0.767 bits per heavy atom. The molecule has 0 radical (unpaired) electrons. The summed E-state index contributed by atoms with van der Waals surface area (Å²) in [5.74, 6) is 0.935. The number of ether oxygens (including phenoxy) is 1. The fraction of sp³-hybridized carbons (Fsp3) is 0. The summed E-state index contributed by atoms with van der Waals surface area (Å²) < 4.78 is 18.8. The van der Waals surface area contributed by atoms with E-state index >= 15 is 0 Å². The lowest BCUT2D eigenvalue weighted by molar-refractivity contribution is 0.262. The van der Waals surface area contributed by atoms with Gasteiger partial charge in [-0.2, -0.15) is 0 Å². The van der Waals surface area contributed by atoms with Crippen molar-refractivity contribution in [2.75, 3.05) is 10.6 Å². The normalized spacial score (nSPS) is 10.3. The molecule has 4 aromatic rings. The fourth-order valence-electron chi connectivity index (χ4n) is 2.81. The molecule has 0 aliphatic rings. The van der Waals surface area contributed by atoms with Crippen molar-refractivity contribution in [1.82, 2.24) is 4.98 Å². The summed E-state index contributed by atoms with van der Waals surface area (Å²) in [6.07, 6.45) is 1.70. The molecular formula is C24H18FN3O2. The summed E-state index contributed by atoms with van der Waals surface area (Å²) in [6.45, 7) is 0. The zero-order valence-electron chi connectivity index (χ0n) is 15.9. The van der Waals surface area contributed by atoms with E-state index in [0.717, 1.165) is 11.3 Å². The van der Waals surface area contributed by atoms with E-state index in [-0.39, 0.29) is 5.82 Å². The summed E-state index contributed by atoms with van der Waals surface area (Å²) >= 11 is 0. The molecule has 1 heterocycles. The summed E-state index contributed by atoms with van der Waals surface area (Å²) in [5, 5.41) is 5.36. The highest BCUT2D eigenvalue weighted by Gasteiger charge is 2.05. The van der Waals surface area contributed by atoms with Crippen LogP contribution in [-0.4, -0.2) is 11.0 Å². The van der Waals surface area contributed by atoms with Crippen LogP contribution in [0.15, 0.2) is 97.2 Å². The van der Waals surface area contributed by atoms with Crippen LogP contribution < -0.4 is 15.4 Å². The Labute approximate surface area is 173 Å². The molecule has 0 aliphatic heterocycles. The van der Waals surface area contributed by atoms with Gasteiger partial charge in [-0.1, -0.05) is 30.3 Å². The summed E-state index contributed by atoms with van der Waals surface area (Å²) in [6, 6.07) is 25.6. The summed E-state index contributed by atoms with van der Waals surface area (Å²) in [4.78, 5) is 16.4. The van der Waals surface area contributed by atoms with Gasteiger partial charge in [0, 0.05) is 29.2 Å². The number of aromatic nitrogens is 1. The van der Waals surface area contributed by atoms with E-state index in [1.165, 1.54) is 24.3 Å². The highest BCUT2D eigenvalue weighted by Crippen LogP contribution is 2.26. The SMILES string of the molecule is O=C(Nc1ccc(F)cc1)Nc1ccc(Oc2ccnc(-c3ccccc3)c2)cc1. The van der Waals surface area contributed by atoms with Crippen molar-refractivity contribution in [3.8, 4) is 22.8 Å². The van der Waals surface area contributed by atoms with Gasteiger partial charge in [0.25, 0.3) is 0 Å². The number of urea groups is 1. The molecule has 0 saturated heterocycles. The molecule has 6 heteroatoms. The number of carbonyl (C=O) groups is 1. The van der Waals surface area contributed by atoms with Crippen LogP contribution in [0, 0.1) is 5.82 Å². The minimum Gasteiger partial charge on any atom is -0.457 e. The second-order valence-electron chi connectivity index (χ2n) is 6.46. The van der Waals surface area contributed by atoms with E-state index in [9.17, 15) is 9.18 Å². The molecule has 0 fully saturated rings. The molecule has 0 saturated carbocycles. The van der Waals surface area contributed by atoms with Gasteiger partial charge in [-0.3, -0.25) is 4.98 Å². The first-order valence-electron chi connectivity index (χ1n) is 9.29. The van der Waals surface area contributed by atoms with Gasteiger partial charge in [0.15, 0.2) is 0 Å². The van der Waals surface area contributed by atoms with E-state index in [0.29, 0.717) is 22.9 Å². The Balaban J connectivity index is 1.38. The van der Waals surface area contributed by atoms with E-state index in [1.807, 2.05) is 36.4 Å². The van der Waals surface area contributed by atoms with Crippen molar-refractivity contribution in [3.05, 3.63) is 103 Å². The predicted molar refractivity (Wildman–Crippen MR) is 115 cm³/mol. The van der Waals surface area contributed by atoms with Crippen LogP contribution in [0.3, 0.4) is 0 Å². The van der Waals surface area contributed by atoms with Gasteiger partial charge in [-0.25, -0.2) is 9.18 Å². The molecule has 148 valence electrons. The number of amides is 2. The van der Waals surface area contributed by atoms with Gasteiger partial charge in [-0.15, -0.1) is 0 Å². The topological polar surface area (TPSA) is 63.2 Å². The van der Waals surface area contributed by atoms with Crippen LogP contribution in [0.25, 0.3) is 11.3 Å². The van der Waals surface area contributed by atoms with Gasteiger partial charge in [0.1, 0.15) is 17.3 Å². The number of halogens is 1. The average molecular weight is 399 g/mol. The molecule has 5 nitrogen and oxygen atoms in total. The highest BCUT2D eigenvalue weighted by atomic mass is 19.1. The number of pyridine rings is 1. The molecule has 3 aromatic carbocycles. The van der Waals surface area contributed by atoms with Gasteiger partial charge in [0.05, 0.1) is 5.69 Å². The largest absolute Gasteiger partial charge is 0.457 e. The molecule has 1 aromatic heterocycles. The van der Waals surface area contributed by atoms with Gasteiger partial charge < -0.3 is 15.4 Å². The van der Waals surface area contributed by atoms with Crippen molar-refractivity contribution >= 4 is 17.4 Å². The lowest BCUT2D eigenvalue weighted by atomic mass is 10.1. The Morgan fingerprint density at radius 3 is 2.07 bits per heavy atom. The molecule has 2 amide bonds. The molecule has 0 spiro atoms. The maximum Gasteiger partial charge on any atom is 0.323 e. The van der Waals surface area contributed by atoms with E-state index in [2.05, 4.69) is 15.6 Å². The molecule has 30 heavy (non-hydrogen) atoms. The predicted octanol–water partition coefficient (Wildman–Crippen LogP) is 6.32. The zero-order chi connectivity index (χ0) is 20.8.